The Morgan fingerprint density at radius 2 is 2.25 bits per heavy atom. The first-order valence-electron chi connectivity index (χ1n) is 6.93. The molecule has 4 heteroatoms. The number of hydrogen-bond donors (Lipinski definition) is 0. The number of amidine groups is 1. The van der Waals surface area contributed by atoms with E-state index in [0.29, 0.717) is 11.6 Å². The van der Waals surface area contributed by atoms with Crippen LogP contribution in [0.1, 0.15) is 18.4 Å². The zero-order chi connectivity index (χ0) is 13.5. The highest BCUT2D eigenvalue weighted by Crippen LogP contribution is 2.37. The predicted octanol–water partition coefficient (Wildman–Crippen LogP) is 2.06. The van der Waals surface area contributed by atoms with Crippen LogP contribution in [0.5, 0.6) is 0 Å². The molecule has 2 unspecified atom stereocenters. The van der Waals surface area contributed by atoms with Crippen molar-refractivity contribution in [2.45, 2.75) is 31.0 Å². The Labute approximate surface area is 117 Å². The molecule has 0 radical (unpaired) electrons. The topological polar surface area (TPSA) is 52.3 Å². The molecule has 4 nitrogen and oxygen atoms in total. The second kappa shape index (κ2) is 4.31. The minimum Gasteiger partial charge on any atom is -0.344 e. The largest absolute Gasteiger partial charge is 0.344 e. The minimum absolute atomic E-state index is 0.0606. The van der Waals surface area contributed by atoms with Crippen molar-refractivity contribution in [3.63, 3.8) is 0 Å². The van der Waals surface area contributed by atoms with Gasteiger partial charge in [-0.05, 0) is 37.1 Å². The summed E-state index contributed by atoms with van der Waals surface area (Å²) < 4.78 is 0. The van der Waals surface area contributed by atoms with Gasteiger partial charge in [-0.15, -0.1) is 0 Å². The molecule has 1 aliphatic heterocycles. The zero-order valence-corrected chi connectivity index (χ0v) is 11.0. The van der Waals surface area contributed by atoms with E-state index in [4.69, 9.17) is 10.3 Å². The van der Waals surface area contributed by atoms with Gasteiger partial charge in [0.1, 0.15) is 5.84 Å². The fourth-order valence-corrected chi connectivity index (χ4v) is 2.94. The summed E-state index contributed by atoms with van der Waals surface area (Å²) in [6.45, 7) is 0. The molecule has 3 aliphatic rings. The number of fused-ring (bicyclic) bond motifs is 1. The van der Waals surface area contributed by atoms with Crippen molar-refractivity contribution >= 4 is 5.84 Å². The summed E-state index contributed by atoms with van der Waals surface area (Å²) >= 11 is 0. The number of rotatable bonds is 2. The molecule has 4 rings (SSSR count). The Kier molecular flexibility index (Phi) is 2.46. The van der Waals surface area contributed by atoms with Crippen LogP contribution < -0.4 is 0 Å². The van der Waals surface area contributed by atoms with Crippen molar-refractivity contribution < 1.29 is 0 Å². The van der Waals surface area contributed by atoms with E-state index in [9.17, 15) is 0 Å². The van der Waals surface area contributed by atoms with E-state index in [-0.39, 0.29) is 12.1 Å². The first kappa shape index (κ1) is 11.4. The Balaban J connectivity index is 1.76. The van der Waals surface area contributed by atoms with Crippen molar-refractivity contribution in [3.8, 4) is 6.07 Å². The van der Waals surface area contributed by atoms with Crippen LogP contribution >= 0.6 is 0 Å². The molecule has 0 amide bonds. The quantitative estimate of drug-likeness (QED) is 0.819. The van der Waals surface area contributed by atoms with Crippen LogP contribution in [0.25, 0.3) is 0 Å². The highest BCUT2D eigenvalue weighted by molar-refractivity contribution is 6.01. The van der Waals surface area contributed by atoms with Crippen molar-refractivity contribution in [3.05, 3.63) is 53.9 Å². The monoisotopic (exact) mass is 262 g/mol. The van der Waals surface area contributed by atoms with E-state index in [1.54, 1.807) is 6.20 Å². The number of nitriles is 1. The third-order valence-electron chi connectivity index (χ3n) is 4.00. The van der Waals surface area contributed by atoms with Crippen LogP contribution in [0.2, 0.25) is 0 Å². The first-order chi connectivity index (χ1) is 9.86. The van der Waals surface area contributed by atoms with Gasteiger partial charge in [-0.2, -0.15) is 5.26 Å². The third kappa shape index (κ3) is 1.75. The molecule has 0 aromatic carbocycles. The number of allylic oxidation sites excluding steroid dienone is 2. The lowest BCUT2D eigenvalue weighted by Crippen LogP contribution is -2.40. The van der Waals surface area contributed by atoms with Gasteiger partial charge in [0.05, 0.1) is 18.2 Å². The van der Waals surface area contributed by atoms with E-state index >= 15 is 0 Å². The molecule has 1 saturated carbocycles. The van der Waals surface area contributed by atoms with Crippen LogP contribution in [-0.4, -0.2) is 33.8 Å². The standard InChI is InChI=1S/C16H14N4/c17-9-11-3-6-15-14(8-11)19-16(20(15)13-4-5-13)12-2-1-7-18-10-12/h1-3,6-8,10,13-15H,4-5H2. The first-order valence-corrected chi connectivity index (χ1v) is 6.93. The average molecular weight is 262 g/mol. The lowest BCUT2D eigenvalue weighted by molar-refractivity contribution is 0.360. The Hall–Kier alpha value is -2.41. The average Bonchev–Trinajstić information content (AvgIpc) is 3.27. The molecule has 98 valence electrons. The molecule has 20 heavy (non-hydrogen) atoms. The number of nitrogens with zero attached hydrogens (tertiary/aromatic N) is 4. The van der Waals surface area contributed by atoms with E-state index in [0.717, 1.165) is 11.4 Å². The van der Waals surface area contributed by atoms with Crippen LogP contribution in [0, 0.1) is 11.3 Å². The van der Waals surface area contributed by atoms with Crippen LogP contribution in [0.15, 0.2) is 53.3 Å². The second-order valence-electron chi connectivity index (χ2n) is 5.41. The molecule has 2 aliphatic carbocycles. The van der Waals surface area contributed by atoms with Gasteiger partial charge in [-0.25, -0.2) is 0 Å². The van der Waals surface area contributed by atoms with Gasteiger partial charge in [0.25, 0.3) is 0 Å². The van der Waals surface area contributed by atoms with Crippen LogP contribution in [0.3, 0.4) is 0 Å². The molecular formula is C16H14N4. The molecule has 0 spiro atoms. The summed E-state index contributed by atoms with van der Waals surface area (Å²) in [5.74, 6) is 1.02. The molecule has 0 bridgehead atoms. The van der Waals surface area contributed by atoms with Gasteiger partial charge in [0.15, 0.2) is 0 Å². The highest BCUT2D eigenvalue weighted by Gasteiger charge is 2.43. The molecular weight excluding hydrogens is 248 g/mol. The smallest absolute Gasteiger partial charge is 0.133 e. The SMILES string of the molecule is N#CC1=CC2N=C(c3cccnc3)N(C3CC3)C2C=C1. The normalized spacial score (nSPS) is 27.6. The van der Waals surface area contributed by atoms with Crippen molar-refractivity contribution in [2.24, 2.45) is 4.99 Å². The van der Waals surface area contributed by atoms with Crippen molar-refractivity contribution in [1.82, 2.24) is 9.88 Å². The lowest BCUT2D eigenvalue weighted by atomic mass is 9.99. The predicted molar refractivity (Wildman–Crippen MR) is 76.0 cm³/mol. The Morgan fingerprint density at radius 1 is 1.35 bits per heavy atom. The summed E-state index contributed by atoms with van der Waals surface area (Å²) in [6, 6.07) is 7.11. The highest BCUT2D eigenvalue weighted by atomic mass is 15.3. The maximum absolute atomic E-state index is 9.04. The number of pyridine rings is 1. The van der Waals surface area contributed by atoms with E-state index in [1.807, 2.05) is 24.4 Å². The van der Waals surface area contributed by atoms with Gasteiger partial charge >= 0.3 is 0 Å². The Morgan fingerprint density at radius 3 is 2.95 bits per heavy atom. The summed E-state index contributed by atoms with van der Waals surface area (Å²) in [6.07, 6.45) is 12.1. The molecule has 0 saturated heterocycles. The third-order valence-corrected chi connectivity index (χ3v) is 4.00. The summed E-state index contributed by atoms with van der Waals surface area (Å²) in [5.41, 5.74) is 1.77. The molecule has 2 heterocycles. The maximum atomic E-state index is 9.04. The zero-order valence-electron chi connectivity index (χ0n) is 11.0. The van der Waals surface area contributed by atoms with Crippen LogP contribution in [-0.2, 0) is 0 Å². The Bertz CT molecular complexity index is 661. The van der Waals surface area contributed by atoms with Gasteiger partial charge in [-0.1, -0.05) is 6.08 Å². The summed E-state index contributed by atoms with van der Waals surface area (Å²) in [4.78, 5) is 11.4. The van der Waals surface area contributed by atoms with E-state index in [2.05, 4.69) is 28.1 Å². The number of aromatic nitrogens is 1. The number of hydrogen-bond acceptors (Lipinski definition) is 4. The fraction of sp³-hybridized carbons (Fsp3) is 0.312. The molecule has 2 atom stereocenters. The van der Waals surface area contributed by atoms with Gasteiger partial charge < -0.3 is 4.90 Å². The maximum Gasteiger partial charge on any atom is 0.133 e. The van der Waals surface area contributed by atoms with Gasteiger partial charge in [0, 0.05) is 29.6 Å². The van der Waals surface area contributed by atoms with Crippen molar-refractivity contribution in [1.29, 1.82) is 5.26 Å². The minimum atomic E-state index is 0.0606. The molecule has 1 fully saturated rings. The molecule has 1 aromatic rings. The van der Waals surface area contributed by atoms with E-state index < -0.39 is 0 Å². The van der Waals surface area contributed by atoms with Crippen LogP contribution in [0.4, 0.5) is 0 Å². The van der Waals surface area contributed by atoms with E-state index in [1.165, 1.54) is 12.8 Å². The number of aliphatic imine (C=N–C) groups is 1. The van der Waals surface area contributed by atoms with Crippen molar-refractivity contribution in [2.75, 3.05) is 0 Å². The lowest BCUT2D eigenvalue weighted by Gasteiger charge is -2.29. The second-order valence-corrected chi connectivity index (χ2v) is 5.41. The fourth-order valence-electron chi connectivity index (χ4n) is 2.94. The van der Waals surface area contributed by atoms with Gasteiger partial charge in [-0.3, -0.25) is 9.98 Å². The molecule has 1 aromatic heterocycles. The summed E-state index contributed by atoms with van der Waals surface area (Å²) in [7, 11) is 0. The summed E-state index contributed by atoms with van der Waals surface area (Å²) in [5, 5.41) is 9.04. The van der Waals surface area contributed by atoms with Gasteiger partial charge in [0.2, 0.25) is 0 Å². The molecule has 0 N–H and O–H groups in total.